The topological polar surface area (TPSA) is 58.2 Å². The zero-order valence-electron chi connectivity index (χ0n) is 13.2. The lowest BCUT2D eigenvalue weighted by atomic mass is 9.97. The average molecular weight is 282 g/mol. The van der Waals surface area contributed by atoms with Crippen LogP contribution in [0.1, 0.15) is 72.1 Å². The van der Waals surface area contributed by atoms with Gasteiger partial charge in [-0.15, -0.1) is 0 Å². The van der Waals surface area contributed by atoms with Crippen molar-refractivity contribution < 1.29 is 9.59 Å². The number of hydrogen-bond acceptors (Lipinski definition) is 2. The first-order valence-corrected chi connectivity index (χ1v) is 8.18. The Bertz CT molecular complexity index is 312. The Morgan fingerprint density at radius 2 is 1.85 bits per heavy atom. The number of carbonyl (C=O) groups is 2. The van der Waals surface area contributed by atoms with Gasteiger partial charge in [-0.25, -0.2) is 0 Å². The fourth-order valence-corrected chi connectivity index (χ4v) is 2.65. The molecule has 0 aromatic heterocycles. The summed E-state index contributed by atoms with van der Waals surface area (Å²) < 4.78 is 0. The van der Waals surface area contributed by atoms with E-state index in [9.17, 15) is 9.59 Å². The SMILES string of the molecule is CCCCC(=O)N[C@H](C(=O)NC1CCCC1)[C@@H](C)CC. The summed E-state index contributed by atoms with van der Waals surface area (Å²) in [4.78, 5) is 24.3. The predicted molar refractivity (Wildman–Crippen MR) is 81.3 cm³/mol. The van der Waals surface area contributed by atoms with Crippen LogP contribution in [0.25, 0.3) is 0 Å². The van der Waals surface area contributed by atoms with Crippen molar-refractivity contribution in [1.82, 2.24) is 10.6 Å². The third-order valence-electron chi connectivity index (χ3n) is 4.27. The van der Waals surface area contributed by atoms with Crippen LogP contribution in [0.3, 0.4) is 0 Å². The van der Waals surface area contributed by atoms with Gasteiger partial charge in [0.1, 0.15) is 6.04 Å². The molecule has 1 aliphatic carbocycles. The van der Waals surface area contributed by atoms with E-state index in [-0.39, 0.29) is 23.8 Å². The lowest BCUT2D eigenvalue weighted by Gasteiger charge is -2.25. The minimum absolute atomic E-state index is 0.00118. The number of unbranched alkanes of at least 4 members (excludes halogenated alkanes) is 1. The van der Waals surface area contributed by atoms with Gasteiger partial charge < -0.3 is 10.6 Å². The molecule has 0 radical (unpaired) electrons. The highest BCUT2D eigenvalue weighted by Gasteiger charge is 2.28. The molecule has 2 atom stereocenters. The zero-order chi connectivity index (χ0) is 15.0. The molecular weight excluding hydrogens is 252 g/mol. The van der Waals surface area contributed by atoms with E-state index in [2.05, 4.69) is 24.5 Å². The molecule has 20 heavy (non-hydrogen) atoms. The van der Waals surface area contributed by atoms with E-state index in [0.717, 1.165) is 32.1 Å². The minimum atomic E-state index is -0.384. The second kappa shape index (κ2) is 8.98. The average Bonchev–Trinajstić information content (AvgIpc) is 2.94. The van der Waals surface area contributed by atoms with Crippen molar-refractivity contribution in [3.05, 3.63) is 0 Å². The van der Waals surface area contributed by atoms with Crippen LogP contribution in [0.2, 0.25) is 0 Å². The monoisotopic (exact) mass is 282 g/mol. The van der Waals surface area contributed by atoms with Gasteiger partial charge in [0, 0.05) is 12.5 Å². The Morgan fingerprint density at radius 3 is 2.40 bits per heavy atom. The Morgan fingerprint density at radius 1 is 1.20 bits per heavy atom. The summed E-state index contributed by atoms with van der Waals surface area (Å²) in [5.41, 5.74) is 0. The molecule has 0 saturated heterocycles. The standard InChI is InChI=1S/C16H30N2O2/c1-4-6-11-14(19)18-15(12(3)5-2)16(20)17-13-9-7-8-10-13/h12-13,15H,4-11H2,1-3H3,(H,17,20)(H,18,19)/t12-,15-/m0/s1. The maximum absolute atomic E-state index is 12.4. The van der Waals surface area contributed by atoms with Crippen molar-refractivity contribution in [3.8, 4) is 0 Å². The van der Waals surface area contributed by atoms with Crippen molar-refractivity contribution in [3.63, 3.8) is 0 Å². The summed E-state index contributed by atoms with van der Waals surface area (Å²) in [5.74, 6) is 0.164. The second-order valence-electron chi connectivity index (χ2n) is 6.02. The molecule has 4 heteroatoms. The summed E-state index contributed by atoms with van der Waals surface area (Å²) in [7, 11) is 0. The Kier molecular flexibility index (Phi) is 7.63. The van der Waals surface area contributed by atoms with Crippen LogP contribution in [0.4, 0.5) is 0 Å². The smallest absolute Gasteiger partial charge is 0.243 e. The van der Waals surface area contributed by atoms with Crippen LogP contribution in [-0.4, -0.2) is 23.9 Å². The summed E-state index contributed by atoms with van der Waals surface area (Å²) in [6.07, 6.45) is 7.81. The minimum Gasteiger partial charge on any atom is -0.352 e. The summed E-state index contributed by atoms with van der Waals surface area (Å²) >= 11 is 0. The summed E-state index contributed by atoms with van der Waals surface area (Å²) in [6, 6.07) is -0.0773. The van der Waals surface area contributed by atoms with Gasteiger partial charge >= 0.3 is 0 Å². The van der Waals surface area contributed by atoms with Gasteiger partial charge in [-0.3, -0.25) is 9.59 Å². The Balaban J connectivity index is 2.53. The molecule has 0 aromatic carbocycles. The molecule has 0 aliphatic heterocycles. The molecule has 0 bridgehead atoms. The van der Waals surface area contributed by atoms with Crippen LogP contribution in [0.15, 0.2) is 0 Å². The van der Waals surface area contributed by atoms with E-state index in [0.29, 0.717) is 12.5 Å². The van der Waals surface area contributed by atoms with Crippen molar-refractivity contribution in [2.45, 2.75) is 84.2 Å². The second-order valence-corrected chi connectivity index (χ2v) is 6.02. The third kappa shape index (κ3) is 5.51. The van der Waals surface area contributed by atoms with Gasteiger partial charge in [0.25, 0.3) is 0 Å². The van der Waals surface area contributed by atoms with Crippen LogP contribution >= 0.6 is 0 Å². The van der Waals surface area contributed by atoms with Crippen molar-refractivity contribution in [2.75, 3.05) is 0 Å². The first kappa shape index (κ1) is 17.0. The highest BCUT2D eigenvalue weighted by atomic mass is 16.2. The van der Waals surface area contributed by atoms with Gasteiger partial charge in [-0.1, -0.05) is 46.5 Å². The lowest BCUT2D eigenvalue weighted by Crippen LogP contribution is -2.52. The van der Waals surface area contributed by atoms with Gasteiger partial charge in [0.15, 0.2) is 0 Å². The van der Waals surface area contributed by atoms with Crippen LogP contribution in [0, 0.1) is 5.92 Å². The molecule has 0 aromatic rings. The number of nitrogens with one attached hydrogen (secondary N) is 2. The van der Waals surface area contributed by atoms with Gasteiger partial charge in [-0.05, 0) is 25.2 Å². The molecule has 1 rings (SSSR count). The lowest BCUT2D eigenvalue weighted by molar-refractivity contribution is -0.130. The molecule has 2 amide bonds. The first-order chi connectivity index (χ1) is 9.58. The van der Waals surface area contributed by atoms with Gasteiger partial charge in [0.2, 0.25) is 11.8 Å². The van der Waals surface area contributed by atoms with Crippen molar-refractivity contribution in [1.29, 1.82) is 0 Å². The summed E-state index contributed by atoms with van der Waals surface area (Å²) in [6.45, 7) is 6.14. The van der Waals surface area contributed by atoms with Crippen LogP contribution < -0.4 is 10.6 Å². The quantitative estimate of drug-likeness (QED) is 0.719. The molecule has 4 nitrogen and oxygen atoms in total. The fourth-order valence-electron chi connectivity index (χ4n) is 2.65. The molecule has 2 N–H and O–H groups in total. The maximum atomic E-state index is 12.4. The van der Waals surface area contributed by atoms with Crippen molar-refractivity contribution in [2.24, 2.45) is 5.92 Å². The Labute approximate surface area is 123 Å². The molecule has 0 heterocycles. The highest BCUT2D eigenvalue weighted by Crippen LogP contribution is 2.18. The Hall–Kier alpha value is -1.06. The molecule has 1 fully saturated rings. The van der Waals surface area contributed by atoms with Gasteiger partial charge in [-0.2, -0.15) is 0 Å². The van der Waals surface area contributed by atoms with E-state index < -0.39 is 0 Å². The molecule has 1 aliphatic rings. The van der Waals surface area contributed by atoms with E-state index >= 15 is 0 Å². The first-order valence-electron chi connectivity index (χ1n) is 8.18. The van der Waals surface area contributed by atoms with E-state index in [4.69, 9.17) is 0 Å². The number of amides is 2. The van der Waals surface area contributed by atoms with E-state index in [1.807, 2.05) is 6.92 Å². The van der Waals surface area contributed by atoms with Crippen LogP contribution in [0.5, 0.6) is 0 Å². The normalized spacial score (nSPS) is 18.6. The van der Waals surface area contributed by atoms with Gasteiger partial charge in [0.05, 0.1) is 0 Å². The maximum Gasteiger partial charge on any atom is 0.243 e. The molecular formula is C16H30N2O2. The molecule has 0 spiro atoms. The van der Waals surface area contributed by atoms with Crippen molar-refractivity contribution >= 4 is 11.8 Å². The molecule has 0 unspecified atom stereocenters. The van der Waals surface area contributed by atoms with E-state index in [1.165, 1.54) is 12.8 Å². The highest BCUT2D eigenvalue weighted by molar-refractivity contribution is 5.88. The fraction of sp³-hybridized carbons (Fsp3) is 0.875. The van der Waals surface area contributed by atoms with E-state index in [1.54, 1.807) is 0 Å². The summed E-state index contributed by atoms with van der Waals surface area (Å²) in [5, 5.41) is 6.03. The number of carbonyl (C=O) groups excluding carboxylic acids is 2. The molecule has 116 valence electrons. The van der Waals surface area contributed by atoms with Crippen LogP contribution in [-0.2, 0) is 9.59 Å². The number of rotatable bonds is 8. The largest absolute Gasteiger partial charge is 0.352 e. The predicted octanol–water partition coefficient (Wildman–Crippen LogP) is 2.77. The molecule has 1 saturated carbocycles. The number of hydrogen-bond donors (Lipinski definition) is 2. The third-order valence-corrected chi connectivity index (χ3v) is 4.27. The zero-order valence-corrected chi connectivity index (χ0v) is 13.2.